The number of ether oxygens (including phenoxy) is 1. The first-order valence-electron chi connectivity index (χ1n) is 7.38. The number of nitrogens with zero attached hydrogens (tertiary/aromatic N) is 1. The number of fused-ring (bicyclic) bond motifs is 1. The van der Waals surface area contributed by atoms with Gasteiger partial charge in [-0.3, -0.25) is 0 Å². The van der Waals surface area contributed by atoms with E-state index in [0.29, 0.717) is 17.6 Å². The molecule has 0 spiro atoms. The van der Waals surface area contributed by atoms with Crippen LogP contribution in [0.2, 0.25) is 0 Å². The second-order valence-electron chi connectivity index (χ2n) is 5.78. The molecule has 0 aliphatic heterocycles. The normalized spacial score (nSPS) is 14.2. The first-order valence-corrected chi connectivity index (χ1v) is 7.38. The predicted molar refractivity (Wildman–Crippen MR) is 85.7 cm³/mol. The summed E-state index contributed by atoms with van der Waals surface area (Å²) < 4.78 is 5.64. The Kier molecular flexibility index (Phi) is 3.69. The maximum absolute atomic E-state index is 5.90. The Labute approximate surface area is 125 Å². The molecular weight excluding hydrogens is 262 g/mol. The van der Waals surface area contributed by atoms with Gasteiger partial charge in [-0.15, -0.1) is 0 Å². The van der Waals surface area contributed by atoms with Gasteiger partial charge < -0.3 is 15.8 Å². The minimum absolute atomic E-state index is 0.0609. The van der Waals surface area contributed by atoms with Crippen LogP contribution < -0.4 is 15.8 Å². The van der Waals surface area contributed by atoms with Gasteiger partial charge in [0.1, 0.15) is 5.82 Å². The Hall–Kier alpha value is -2.23. The lowest BCUT2D eigenvalue weighted by atomic mass is 10.1. The van der Waals surface area contributed by atoms with Gasteiger partial charge >= 0.3 is 0 Å². The lowest BCUT2D eigenvalue weighted by Gasteiger charge is -2.16. The summed E-state index contributed by atoms with van der Waals surface area (Å²) in [7, 11) is 0. The molecule has 3 rings (SSSR count). The highest BCUT2D eigenvalue weighted by Gasteiger charge is 2.21. The molecule has 0 bridgehead atoms. The minimum Gasteiger partial charge on any atom is -0.473 e. The highest BCUT2D eigenvalue weighted by Crippen LogP contribution is 2.26. The van der Waals surface area contributed by atoms with Crippen molar-refractivity contribution in [2.24, 2.45) is 0 Å². The van der Waals surface area contributed by atoms with E-state index in [0.717, 1.165) is 18.7 Å². The van der Waals surface area contributed by atoms with Crippen LogP contribution >= 0.6 is 0 Å². The minimum atomic E-state index is 0.0609. The van der Waals surface area contributed by atoms with Gasteiger partial charge in [0.2, 0.25) is 5.88 Å². The zero-order valence-electron chi connectivity index (χ0n) is 12.5. The number of aromatic nitrogens is 1. The molecule has 1 aliphatic carbocycles. The van der Waals surface area contributed by atoms with Gasteiger partial charge in [-0.25, -0.2) is 0 Å². The number of nitrogen functional groups attached to an aromatic ring is 1. The smallest absolute Gasteiger partial charge is 0.239 e. The largest absolute Gasteiger partial charge is 0.473 e. The molecule has 1 aromatic carbocycles. The predicted octanol–water partition coefficient (Wildman–Crippen LogP) is 3.03. The van der Waals surface area contributed by atoms with Crippen LogP contribution in [0.1, 0.15) is 25.0 Å². The molecule has 3 N–H and O–H groups in total. The van der Waals surface area contributed by atoms with Crippen molar-refractivity contribution < 1.29 is 4.74 Å². The highest BCUT2D eigenvalue weighted by atomic mass is 16.5. The number of rotatable bonds is 4. The zero-order chi connectivity index (χ0) is 14.8. The zero-order valence-corrected chi connectivity index (χ0v) is 12.5. The van der Waals surface area contributed by atoms with E-state index in [1.807, 2.05) is 26.0 Å². The molecule has 2 aromatic rings. The van der Waals surface area contributed by atoms with Crippen LogP contribution in [0.25, 0.3) is 0 Å². The van der Waals surface area contributed by atoms with Crippen molar-refractivity contribution in [3.05, 3.63) is 47.5 Å². The molecule has 0 unspecified atom stereocenters. The quantitative estimate of drug-likeness (QED) is 0.905. The van der Waals surface area contributed by atoms with Crippen molar-refractivity contribution >= 4 is 11.5 Å². The van der Waals surface area contributed by atoms with Crippen LogP contribution in [0.4, 0.5) is 11.5 Å². The molecule has 4 heteroatoms. The lowest BCUT2D eigenvalue weighted by molar-refractivity contribution is 0.234. The van der Waals surface area contributed by atoms with E-state index in [2.05, 4.69) is 34.6 Å². The van der Waals surface area contributed by atoms with E-state index < -0.39 is 0 Å². The van der Waals surface area contributed by atoms with Crippen molar-refractivity contribution in [1.29, 1.82) is 0 Å². The third kappa shape index (κ3) is 3.10. The molecule has 0 saturated carbocycles. The molecular formula is C17H21N3O. The van der Waals surface area contributed by atoms with Gasteiger partial charge in [0, 0.05) is 6.04 Å². The summed E-state index contributed by atoms with van der Waals surface area (Å²) in [5.41, 5.74) is 9.31. The molecule has 0 amide bonds. The Morgan fingerprint density at radius 2 is 1.81 bits per heavy atom. The lowest BCUT2D eigenvalue weighted by Crippen LogP contribution is -2.20. The fourth-order valence-electron chi connectivity index (χ4n) is 2.72. The highest BCUT2D eigenvalue weighted by molar-refractivity contribution is 5.54. The van der Waals surface area contributed by atoms with Gasteiger partial charge in [0.15, 0.2) is 0 Å². The van der Waals surface area contributed by atoms with E-state index in [4.69, 9.17) is 10.5 Å². The van der Waals surface area contributed by atoms with Crippen molar-refractivity contribution in [2.75, 3.05) is 11.1 Å². The fourth-order valence-corrected chi connectivity index (χ4v) is 2.72. The summed E-state index contributed by atoms with van der Waals surface area (Å²) in [5.74, 6) is 1.32. The number of hydrogen-bond donors (Lipinski definition) is 2. The standard InChI is InChI=1S/C17H21N3O/c1-11(2)21-17-15(18)7-8-16(20-17)19-14-9-12-5-3-4-6-13(12)10-14/h3-8,11,14H,9-10,18H2,1-2H3,(H,19,20). The van der Waals surface area contributed by atoms with Gasteiger partial charge in [-0.1, -0.05) is 24.3 Å². The number of nitrogens with one attached hydrogen (secondary N) is 1. The van der Waals surface area contributed by atoms with Crippen molar-refractivity contribution in [3.63, 3.8) is 0 Å². The molecule has 0 fully saturated rings. The topological polar surface area (TPSA) is 60.2 Å². The number of pyridine rings is 1. The molecule has 21 heavy (non-hydrogen) atoms. The molecule has 0 radical (unpaired) electrons. The van der Waals surface area contributed by atoms with Gasteiger partial charge in [-0.05, 0) is 49.9 Å². The van der Waals surface area contributed by atoms with Crippen LogP contribution in [0.3, 0.4) is 0 Å². The molecule has 4 nitrogen and oxygen atoms in total. The molecule has 110 valence electrons. The number of hydrogen-bond acceptors (Lipinski definition) is 4. The Morgan fingerprint density at radius 3 is 2.43 bits per heavy atom. The van der Waals surface area contributed by atoms with Crippen molar-refractivity contribution in [1.82, 2.24) is 4.98 Å². The van der Waals surface area contributed by atoms with E-state index in [1.54, 1.807) is 0 Å². The first-order chi connectivity index (χ1) is 10.1. The average molecular weight is 283 g/mol. The summed E-state index contributed by atoms with van der Waals surface area (Å²) >= 11 is 0. The van der Waals surface area contributed by atoms with Crippen LogP contribution in [0.5, 0.6) is 5.88 Å². The third-order valence-corrected chi connectivity index (χ3v) is 3.64. The molecule has 0 saturated heterocycles. The number of benzene rings is 1. The number of anilines is 2. The Morgan fingerprint density at radius 1 is 1.14 bits per heavy atom. The summed E-state index contributed by atoms with van der Waals surface area (Å²) in [5, 5.41) is 3.48. The van der Waals surface area contributed by atoms with Gasteiger partial charge in [0.05, 0.1) is 11.8 Å². The second kappa shape index (κ2) is 5.64. The molecule has 1 aromatic heterocycles. The van der Waals surface area contributed by atoms with E-state index >= 15 is 0 Å². The summed E-state index contributed by atoms with van der Waals surface area (Å²) in [4.78, 5) is 4.48. The van der Waals surface area contributed by atoms with Gasteiger partial charge in [0.25, 0.3) is 0 Å². The SMILES string of the molecule is CC(C)Oc1nc(NC2Cc3ccccc3C2)ccc1N. The first kappa shape index (κ1) is 13.7. The van der Waals surface area contributed by atoms with Crippen LogP contribution in [-0.4, -0.2) is 17.1 Å². The summed E-state index contributed by atoms with van der Waals surface area (Å²) in [6.45, 7) is 3.93. The molecule has 0 atom stereocenters. The van der Waals surface area contributed by atoms with Gasteiger partial charge in [-0.2, -0.15) is 4.98 Å². The third-order valence-electron chi connectivity index (χ3n) is 3.64. The Balaban J connectivity index is 1.72. The van der Waals surface area contributed by atoms with Crippen molar-refractivity contribution in [2.45, 2.75) is 38.8 Å². The van der Waals surface area contributed by atoms with Crippen LogP contribution in [0.15, 0.2) is 36.4 Å². The maximum Gasteiger partial charge on any atom is 0.239 e. The van der Waals surface area contributed by atoms with E-state index in [-0.39, 0.29) is 6.10 Å². The second-order valence-corrected chi connectivity index (χ2v) is 5.78. The van der Waals surface area contributed by atoms with Crippen LogP contribution in [0, 0.1) is 0 Å². The van der Waals surface area contributed by atoms with E-state index in [1.165, 1.54) is 11.1 Å². The maximum atomic E-state index is 5.90. The summed E-state index contributed by atoms with van der Waals surface area (Å²) in [6, 6.07) is 12.7. The fraction of sp³-hybridized carbons (Fsp3) is 0.353. The average Bonchev–Trinajstić information content (AvgIpc) is 2.84. The molecule has 1 heterocycles. The van der Waals surface area contributed by atoms with Crippen LogP contribution in [-0.2, 0) is 12.8 Å². The summed E-state index contributed by atoms with van der Waals surface area (Å²) in [6.07, 6.45) is 2.12. The number of nitrogens with two attached hydrogens (primary N) is 1. The molecule has 1 aliphatic rings. The monoisotopic (exact) mass is 283 g/mol. The van der Waals surface area contributed by atoms with E-state index in [9.17, 15) is 0 Å². The Bertz CT molecular complexity index is 615. The van der Waals surface area contributed by atoms with Crippen molar-refractivity contribution in [3.8, 4) is 5.88 Å².